The standard InChI is InChI=1S/C36H47F2N3O5S.ClH/c1-24(2)20-21-41(47(45,46)32-18-6-25(22-42)7-19-32)31(23-43)4-3-5-33(26-8-9-26)40-36(44)35(39)34(27-10-14-29(37)15-11-27)28-12-16-30(38)17-13-28;/h6-7,10-19,24,26,31,33-35,42-43H,3-5,8-9,20-23,39H2,1-2H3,(H,40,44);1H/t31-,33+,35-;/m0./s1. The second-order valence-electron chi connectivity index (χ2n) is 12.9. The van der Waals surface area contributed by atoms with Crippen molar-refractivity contribution in [2.75, 3.05) is 13.2 Å². The van der Waals surface area contributed by atoms with Gasteiger partial charge in [-0.2, -0.15) is 4.31 Å². The first-order chi connectivity index (χ1) is 22.4. The van der Waals surface area contributed by atoms with Gasteiger partial charge in [0.1, 0.15) is 11.6 Å². The average molecular weight is 708 g/mol. The minimum Gasteiger partial charge on any atom is -0.395 e. The number of aliphatic hydroxyl groups excluding tert-OH is 2. The Labute approximate surface area is 289 Å². The van der Waals surface area contributed by atoms with Crippen LogP contribution in [0, 0.1) is 23.5 Å². The number of halogens is 3. The highest BCUT2D eigenvalue weighted by Crippen LogP contribution is 2.36. The van der Waals surface area contributed by atoms with Crippen LogP contribution in [0.15, 0.2) is 77.7 Å². The Morgan fingerprint density at radius 2 is 1.44 bits per heavy atom. The number of aliphatic hydroxyl groups is 2. The number of hydrogen-bond acceptors (Lipinski definition) is 6. The van der Waals surface area contributed by atoms with Crippen molar-refractivity contribution in [1.82, 2.24) is 9.62 Å². The van der Waals surface area contributed by atoms with E-state index in [0.717, 1.165) is 12.8 Å². The molecule has 0 radical (unpaired) electrons. The molecular formula is C36H48ClF2N3O5S. The number of benzene rings is 3. The molecule has 3 atom stereocenters. The monoisotopic (exact) mass is 707 g/mol. The molecule has 0 saturated heterocycles. The lowest BCUT2D eigenvalue weighted by molar-refractivity contribution is -0.123. The van der Waals surface area contributed by atoms with E-state index in [2.05, 4.69) is 5.32 Å². The van der Waals surface area contributed by atoms with E-state index in [1.54, 1.807) is 36.4 Å². The van der Waals surface area contributed by atoms with Crippen LogP contribution in [0.4, 0.5) is 8.78 Å². The van der Waals surface area contributed by atoms with Gasteiger partial charge in [0.2, 0.25) is 15.9 Å². The smallest absolute Gasteiger partial charge is 0.243 e. The molecule has 3 aromatic rings. The summed E-state index contributed by atoms with van der Waals surface area (Å²) in [7, 11) is -3.93. The molecule has 3 aromatic carbocycles. The van der Waals surface area contributed by atoms with Crippen molar-refractivity contribution < 1.29 is 32.2 Å². The van der Waals surface area contributed by atoms with Crippen LogP contribution in [0.2, 0.25) is 0 Å². The summed E-state index contributed by atoms with van der Waals surface area (Å²) < 4.78 is 56.3. The lowest BCUT2D eigenvalue weighted by Gasteiger charge is -2.31. The van der Waals surface area contributed by atoms with E-state index in [0.29, 0.717) is 42.4 Å². The average Bonchev–Trinajstić information content (AvgIpc) is 3.91. The Bertz CT molecular complexity index is 1490. The fourth-order valence-electron chi connectivity index (χ4n) is 5.99. The minimum atomic E-state index is -3.93. The van der Waals surface area contributed by atoms with Gasteiger partial charge >= 0.3 is 0 Å². The number of amides is 1. The Kier molecular flexibility index (Phi) is 15.0. The van der Waals surface area contributed by atoms with Crippen LogP contribution in [-0.2, 0) is 21.4 Å². The van der Waals surface area contributed by atoms with Crippen LogP contribution in [0.3, 0.4) is 0 Å². The van der Waals surface area contributed by atoms with Gasteiger partial charge in [-0.05, 0) is 103 Å². The Morgan fingerprint density at radius 3 is 1.90 bits per heavy atom. The highest BCUT2D eigenvalue weighted by molar-refractivity contribution is 7.89. The lowest BCUT2D eigenvalue weighted by Crippen LogP contribution is -2.49. The third-order valence-electron chi connectivity index (χ3n) is 8.95. The van der Waals surface area contributed by atoms with E-state index in [1.807, 2.05) is 13.8 Å². The normalized spacial score (nSPS) is 15.3. The van der Waals surface area contributed by atoms with E-state index < -0.39 is 39.7 Å². The molecular weight excluding hydrogens is 660 g/mol. The fourth-order valence-corrected chi connectivity index (χ4v) is 7.65. The zero-order valence-corrected chi connectivity index (χ0v) is 29.1. The number of nitrogens with two attached hydrogens (primary N) is 1. The van der Waals surface area contributed by atoms with Gasteiger partial charge in [-0.1, -0.05) is 50.2 Å². The second kappa shape index (κ2) is 18.2. The molecule has 8 nitrogen and oxygen atoms in total. The topological polar surface area (TPSA) is 133 Å². The van der Waals surface area contributed by atoms with Gasteiger partial charge in [0.25, 0.3) is 0 Å². The van der Waals surface area contributed by atoms with Crippen molar-refractivity contribution in [3.8, 4) is 0 Å². The zero-order chi connectivity index (χ0) is 34.1. The highest BCUT2D eigenvalue weighted by atomic mass is 35.5. The molecule has 1 fully saturated rings. The molecule has 0 unspecified atom stereocenters. The Morgan fingerprint density at radius 1 is 0.896 bits per heavy atom. The van der Waals surface area contributed by atoms with Gasteiger partial charge in [0.15, 0.2) is 0 Å². The fraction of sp³-hybridized carbons (Fsp3) is 0.472. The molecule has 1 amide bonds. The summed E-state index contributed by atoms with van der Waals surface area (Å²) in [5, 5.41) is 22.9. The maximum Gasteiger partial charge on any atom is 0.243 e. The molecule has 0 spiro atoms. The summed E-state index contributed by atoms with van der Waals surface area (Å²) in [5.74, 6) is -1.35. The molecule has 0 bridgehead atoms. The zero-order valence-electron chi connectivity index (χ0n) is 27.5. The first-order valence-corrected chi connectivity index (χ1v) is 17.8. The summed E-state index contributed by atoms with van der Waals surface area (Å²) >= 11 is 0. The van der Waals surface area contributed by atoms with Crippen molar-refractivity contribution in [2.24, 2.45) is 17.6 Å². The Hall–Kier alpha value is -2.93. The number of nitrogens with one attached hydrogen (secondary N) is 1. The van der Waals surface area contributed by atoms with Crippen molar-refractivity contribution in [2.45, 2.75) is 87.9 Å². The van der Waals surface area contributed by atoms with Crippen LogP contribution < -0.4 is 11.1 Å². The van der Waals surface area contributed by atoms with Crippen molar-refractivity contribution >= 4 is 28.3 Å². The molecule has 1 saturated carbocycles. The van der Waals surface area contributed by atoms with Gasteiger partial charge in [0.05, 0.1) is 24.2 Å². The summed E-state index contributed by atoms with van der Waals surface area (Å²) in [6, 6.07) is 15.7. The number of carbonyl (C=O) groups is 1. The number of nitrogens with zero attached hydrogens (tertiary/aromatic N) is 1. The molecule has 1 aliphatic rings. The van der Waals surface area contributed by atoms with Gasteiger partial charge in [-0.15, -0.1) is 12.4 Å². The lowest BCUT2D eigenvalue weighted by atomic mass is 9.84. The summed E-state index contributed by atoms with van der Waals surface area (Å²) in [4.78, 5) is 13.7. The molecule has 12 heteroatoms. The number of rotatable bonds is 18. The molecule has 5 N–H and O–H groups in total. The van der Waals surface area contributed by atoms with Crippen molar-refractivity contribution in [3.05, 3.63) is 101 Å². The molecule has 264 valence electrons. The number of carbonyl (C=O) groups excluding carboxylic acids is 1. The van der Waals surface area contributed by atoms with E-state index in [1.165, 1.54) is 40.7 Å². The van der Waals surface area contributed by atoms with Gasteiger partial charge in [-0.3, -0.25) is 4.79 Å². The molecule has 48 heavy (non-hydrogen) atoms. The molecule has 0 heterocycles. The first-order valence-electron chi connectivity index (χ1n) is 16.3. The van der Waals surface area contributed by atoms with Gasteiger partial charge in [0, 0.05) is 24.5 Å². The highest BCUT2D eigenvalue weighted by Gasteiger charge is 2.36. The van der Waals surface area contributed by atoms with Crippen LogP contribution in [0.5, 0.6) is 0 Å². The molecule has 4 rings (SSSR count). The molecule has 0 aliphatic heterocycles. The van der Waals surface area contributed by atoms with Gasteiger partial charge < -0.3 is 21.3 Å². The largest absolute Gasteiger partial charge is 0.395 e. The van der Waals surface area contributed by atoms with Crippen molar-refractivity contribution in [3.63, 3.8) is 0 Å². The summed E-state index contributed by atoms with van der Waals surface area (Å²) in [6.07, 6.45) is 4.02. The van der Waals surface area contributed by atoms with Gasteiger partial charge in [-0.25, -0.2) is 17.2 Å². The summed E-state index contributed by atoms with van der Waals surface area (Å²) in [6.45, 7) is 3.73. The van der Waals surface area contributed by atoms with E-state index in [9.17, 15) is 32.2 Å². The SMILES string of the molecule is CC(C)CCN([C@H](CO)CCC[C@@H](NC(=O)[C@@H](N)C(c1ccc(F)cc1)c1ccc(F)cc1)C1CC1)S(=O)(=O)c1ccc(CO)cc1.Cl. The van der Waals surface area contributed by atoms with Crippen LogP contribution in [0.25, 0.3) is 0 Å². The van der Waals surface area contributed by atoms with E-state index in [4.69, 9.17) is 5.73 Å². The number of sulfonamides is 1. The Balaban J connectivity index is 0.00000625. The maximum absolute atomic E-state index is 13.8. The predicted octanol–water partition coefficient (Wildman–Crippen LogP) is 5.50. The number of hydrogen-bond donors (Lipinski definition) is 4. The van der Waals surface area contributed by atoms with Crippen LogP contribution >= 0.6 is 12.4 Å². The van der Waals surface area contributed by atoms with E-state index in [-0.39, 0.29) is 60.8 Å². The third kappa shape index (κ3) is 10.5. The quantitative estimate of drug-likeness (QED) is 0.138. The predicted molar refractivity (Wildman–Crippen MR) is 185 cm³/mol. The van der Waals surface area contributed by atoms with E-state index >= 15 is 0 Å². The van der Waals surface area contributed by atoms with Crippen LogP contribution in [-0.4, -0.2) is 60.1 Å². The molecule has 1 aliphatic carbocycles. The summed E-state index contributed by atoms with van der Waals surface area (Å²) in [5.41, 5.74) is 8.43. The third-order valence-corrected chi connectivity index (χ3v) is 10.9. The molecule has 0 aromatic heterocycles. The maximum atomic E-state index is 13.8. The first kappa shape index (κ1) is 39.5. The van der Waals surface area contributed by atoms with Crippen LogP contribution in [0.1, 0.15) is 75.0 Å². The van der Waals surface area contributed by atoms with Crippen molar-refractivity contribution in [1.29, 1.82) is 0 Å². The second-order valence-corrected chi connectivity index (χ2v) is 14.8. The minimum absolute atomic E-state index is 0.